The molecule has 0 saturated heterocycles. The van der Waals surface area contributed by atoms with Crippen LogP contribution < -0.4 is 11.3 Å². The summed E-state index contributed by atoms with van der Waals surface area (Å²) in [7, 11) is 0. The van der Waals surface area contributed by atoms with Gasteiger partial charge in [0.25, 0.3) is 0 Å². The molecule has 0 bridgehead atoms. The molecule has 0 aliphatic carbocycles. The first-order valence-corrected chi connectivity index (χ1v) is 5.89. The highest BCUT2D eigenvalue weighted by atomic mass is 16.2. The molecule has 1 unspecified atom stereocenters. The van der Waals surface area contributed by atoms with Crippen molar-refractivity contribution in [1.82, 2.24) is 10.3 Å². The van der Waals surface area contributed by atoms with Crippen molar-refractivity contribution >= 4 is 5.91 Å². The third-order valence-corrected chi connectivity index (χ3v) is 2.60. The van der Waals surface area contributed by atoms with Crippen molar-refractivity contribution in [3.05, 3.63) is 0 Å². The molecule has 90 valence electrons. The van der Waals surface area contributed by atoms with Gasteiger partial charge in [0, 0.05) is 12.5 Å². The Labute approximate surface area is 93.2 Å². The molecule has 0 saturated carbocycles. The number of hydrazine groups is 1. The van der Waals surface area contributed by atoms with E-state index in [2.05, 4.69) is 31.1 Å². The zero-order chi connectivity index (χ0) is 11.7. The number of rotatable bonds is 8. The van der Waals surface area contributed by atoms with Crippen LogP contribution in [0, 0.1) is 0 Å². The van der Waals surface area contributed by atoms with Crippen LogP contribution in [-0.2, 0) is 4.79 Å². The molecule has 0 aliphatic heterocycles. The number of carbonyl (C=O) groups excluding carboxylic acids is 1. The SMILES string of the molecule is CCCN(CCC)C(C)CCC(=O)NN. The summed E-state index contributed by atoms with van der Waals surface area (Å²) in [5.74, 6) is 4.96. The fraction of sp³-hybridized carbons (Fsp3) is 0.909. The summed E-state index contributed by atoms with van der Waals surface area (Å²) in [5, 5.41) is 0. The lowest BCUT2D eigenvalue weighted by atomic mass is 10.1. The van der Waals surface area contributed by atoms with E-state index in [0.717, 1.165) is 32.4 Å². The molecule has 0 aliphatic rings. The Morgan fingerprint density at radius 3 is 2.27 bits per heavy atom. The maximum absolute atomic E-state index is 11.0. The van der Waals surface area contributed by atoms with E-state index in [1.165, 1.54) is 0 Å². The average molecular weight is 215 g/mol. The second kappa shape index (κ2) is 8.68. The largest absolute Gasteiger partial charge is 0.301 e. The van der Waals surface area contributed by atoms with Crippen molar-refractivity contribution in [2.75, 3.05) is 13.1 Å². The predicted molar refractivity (Wildman–Crippen MR) is 63.2 cm³/mol. The predicted octanol–water partition coefficient (Wildman–Crippen LogP) is 1.27. The average Bonchev–Trinajstić information content (AvgIpc) is 2.25. The van der Waals surface area contributed by atoms with Gasteiger partial charge in [-0.2, -0.15) is 0 Å². The minimum absolute atomic E-state index is 0.0743. The molecule has 1 atom stereocenters. The number of amides is 1. The molecule has 0 spiro atoms. The molecule has 0 heterocycles. The first-order valence-electron chi connectivity index (χ1n) is 5.89. The lowest BCUT2D eigenvalue weighted by Crippen LogP contribution is -2.36. The zero-order valence-corrected chi connectivity index (χ0v) is 10.3. The van der Waals surface area contributed by atoms with E-state index in [0.29, 0.717) is 12.5 Å². The van der Waals surface area contributed by atoms with Crippen molar-refractivity contribution in [3.8, 4) is 0 Å². The van der Waals surface area contributed by atoms with Gasteiger partial charge in [-0.15, -0.1) is 0 Å². The summed E-state index contributed by atoms with van der Waals surface area (Å²) < 4.78 is 0. The summed E-state index contributed by atoms with van der Waals surface area (Å²) in [6.07, 6.45) is 3.71. The summed E-state index contributed by atoms with van der Waals surface area (Å²) in [6.45, 7) is 8.76. The minimum Gasteiger partial charge on any atom is -0.301 e. The van der Waals surface area contributed by atoms with Crippen LogP contribution in [0.5, 0.6) is 0 Å². The van der Waals surface area contributed by atoms with E-state index in [1.54, 1.807) is 0 Å². The van der Waals surface area contributed by atoms with Gasteiger partial charge in [0.1, 0.15) is 0 Å². The summed E-state index contributed by atoms with van der Waals surface area (Å²) >= 11 is 0. The minimum atomic E-state index is -0.0743. The first-order chi connectivity index (χ1) is 7.15. The van der Waals surface area contributed by atoms with Crippen LogP contribution in [0.3, 0.4) is 0 Å². The molecule has 0 radical (unpaired) electrons. The number of carbonyl (C=O) groups is 1. The molecule has 0 aromatic rings. The number of hydrogen-bond acceptors (Lipinski definition) is 3. The maximum Gasteiger partial charge on any atom is 0.233 e. The van der Waals surface area contributed by atoms with E-state index in [1.807, 2.05) is 0 Å². The topological polar surface area (TPSA) is 58.4 Å². The second-order valence-electron chi connectivity index (χ2n) is 3.99. The monoisotopic (exact) mass is 215 g/mol. The highest BCUT2D eigenvalue weighted by Gasteiger charge is 2.13. The fourth-order valence-corrected chi connectivity index (χ4v) is 1.72. The number of nitrogens with two attached hydrogens (primary N) is 1. The van der Waals surface area contributed by atoms with Crippen LogP contribution in [0.25, 0.3) is 0 Å². The first kappa shape index (κ1) is 14.4. The molecule has 0 fully saturated rings. The molecule has 1 amide bonds. The van der Waals surface area contributed by atoms with E-state index >= 15 is 0 Å². The number of nitrogens with zero attached hydrogens (tertiary/aromatic N) is 1. The van der Waals surface area contributed by atoms with Crippen molar-refractivity contribution in [2.24, 2.45) is 5.84 Å². The highest BCUT2D eigenvalue weighted by Crippen LogP contribution is 2.08. The zero-order valence-electron chi connectivity index (χ0n) is 10.3. The summed E-state index contributed by atoms with van der Waals surface area (Å²) in [6, 6.07) is 0.460. The Hall–Kier alpha value is -0.610. The summed E-state index contributed by atoms with van der Waals surface area (Å²) in [5.41, 5.74) is 2.17. The Morgan fingerprint density at radius 2 is 1.87 bits per heavy atom. The van der Waals surface area contributed by atoms with Crippen LogP contribution in [-0.4, -0.2) is 29.9 Å². The third-order valence-electron chi connectivity index (χ3n) is 2.60. The van der Waals surface area contributed by atoms with Gasteiger partial charge in [0.15, 0.2) is 0 Å². The molecule has 4 nitrogen and oxygen atoms in total. The van der Waals surface area contributed by atoms with E-state index < -0.39 is 0 Å². The summed E-state index contributed by atoms with van der Waals surface area (Å²) in [4.78, 5) is 13.4. The van der Waals surface area contributed by atoms with Gasteiger partial charge < -0.3 is 4.90 Å². The Kier molecular flexibility index (Phi) is 8.33. The van der Waals surface area contributed by atoms with Crippen molar-refractivity contribution < 1.29 is 4.79 Å². The van der Waals surface area contributed by atoms with Gasteiger partial charge in [-0.3, -0.25) is 10.2 Å². The van der Waals surface area contributed by atoms with Crippen molar-refractivity contribution in [1.29, 1.82) is 0 Å². The van der Waals surface area contributed by atoms with Gasteiger partial charge in [-0.1, -0.05) is 13.8 Å². The van der Waals surface area contributed by atoms with Crippen LogP contribution in [0.4, 0.5) is 0 Å². The van der Waals surface area contributed by atoms with Crippen molar-refractivity contribution in [3.63, 3.8) is 0 Å². The molecule has 0 aromatic carbocycles. The van der Waals surface area contributed by atoms with E-state index in [-0.39, 0.29) is 5.91 Å². The van der Waals surface area contributed by atoms with Crippen LogP contribution in [0.15, 0.2) is 0 Å². The Bertz CT molecular complexity index is 167. The molecular weight excluding hydrogens is 190 g/mol. The lowest BCUT2D eigenvalue weighted by molar-refractivity contribution is -0.121. The fourth-order valence-electron chi connectivity index (χ4n) is 1.72. The molecular formula is C11H25N3O. The second-order valence-corrected chi connectivity index (χ2v) is 3.99. The normalized spacial score (nSPS) is 12.9. The number of hydrogen-bond donors (Lipinski definition) is 2. The Balaban J connectivity index is 3.89. The van der Waals surface area contributed by atoms with Crippen LogP contribution in [0.2, 0.25) is 0 Å². The molecule has 0 aromatic heterocycles. The van der Waals surface area contributed by atoms with Gasteiger partial charge in [-0.25, -0.2) is 5.84 Å². The van der Waals surface area contributed by atoms with Gasteiger partial charge in [0.05, 0.1) is 0 Å². The van der Waals surface area contributed by atoms with E-state index in [4.69, 9.17) is 5.84 Å². The van der Waals surface area contributed by atoms with Gasteiger partial charge in [-0.05, 0) is 39.3 Å². The quantitative estimate of drug-likeness (QED) is 0.364. The maximum atomic E-state index is 11.0. The van der Waals surface area contributed by atoms with Crippen LogP contribution >= 0.6 is 0 Å². The molecule has 0 rings (SSSR count). The Morgan fingerprint density at radius 1 is 1.33 bits per heavy atom. The van der Waals surface area contributed by atoms with E-state index in [9.17, 15) is 4.79 Å². The van der Waals surface area contributed by atoms with Crippen LogP contribution in [0.1, 0.15) is 46.5 Å². The third kappa shape index (κ3) is 6.47. The lowest BCUT2D eigenvalue weighted by Gasteiger charge is -2.28. The standard InChI is InChI=1S/C11H25N3O/c1-4-8-14(9-5-2)10(3)6-7-11(15)13-12/h10H,4-9,12H2,1-3H3,(H,13,15). The molecule has 4 heteroatoms. The molecule has 3 N–H and O–H groups in total. The van der Waals surface area contributed by atoms with Gasteiger partial charge >= 0.3 is 0 Å². The number of nitrogens with one attached hydrogen (secondary N) is 1. The molecule has 15 heavy (non-hydrogen) atoms. The van der Waals surface area contributed by atoms with Crippen molar-refractivity contribution in [2.45, 2.75) is 52.5 Å². The highest BCUT2D eigenvalue weighted by molar-refractivity contribution is 5.75. The van der Waals surface area contributed by atoms with Gasteiger partial charge in [0.2, 0.25) is 5.91 Å². The smallest absolute Gasteiger partial charge is 0.233 e.